The van der Waals surface area contributed by atoms with E-state index >= 15 is 0 Å². The number of phenols is 1. The van der Waals surface area contributed by atoms with Crippen LogP contribution >= 0.6 is 0 Å². The summed E-state index contributed by atoms with van der Waals surface area (Å²) in [6.07, 6.45) is 5.62. The maximum atomic E-state index is 14.6. The van der Waals surface area contributed by atoms with Crippen molar-refractivity contribution in [3.05, 3.63) is 60.3 Å². The molecule has 3 rings (SSSR count). The topological polar surface area (TPSA) is 304 Å². The second-order valence-electron chi connectivity index (χ2n) is 17.7. The van der Waals surface area contributed by atoms with Crippen LogP contribution in [-0.2, 0) is 46.4 Å². The number of aliphatic carboxylic acids is 1. The molecule has 66 heavy (non-hydrogen) atoms. The number of imidazole rings is 1. The summed E-state index contributed by atoms with van der Waals surface area (Å²) in [5.41, 5.74) is 12.5. The van der Waals surface area contributed by atoms with E-state index in [0.29, 0.717) is 55.6 Å². The van der Waals surface area contributed by atoms with Crippen molar-refractivity contribution in [3.8, 4) is 5.75 Å². The zero-order chi connectivity index (χ0) is 49.1. The zero-order valence-electron chi connectivity index (χ0n) is 39.3. The third-order valence-electron chi connectivity index (χ3n) is 12.2. The predicted octanol–water partition coefficient (Wildman–Crippen LogP) is 2.63. The fourth-order valence-electron chi connectivity index (χ4n) is 8.01. The summed E-state index contributed by atoms with van der Waals surface area (Å²) < 4.78 is 0. The molecule has 1 aromatic carbocycles. The molecule has 0 radical (unpaired) electrons. The predicted molar refractivity (Wildman–Crippen MR) is 249 cm³/mol. The number of carbonyl (C=O) groups excluding carboxylic acids is 6. The largest absolute Gasteiger partial charge is 0.508 e. The monoisotopic (exact) mass is 921 g/mol. The third-order valence-corrected chi connectivity index (χ3v) is 12.2. The Morgan fingerprint density at radius 1 is 0.894 bits per heavy atom. The van der Waals surface area contributed by atoms with Gasteiger partial charge in [-0.25, -0.2) is 4.98 Å². The summed E-state index contributed by atoms with van der Waals surface area (Å²) in [5.74, 6) is -6.34. The number of H-pyrrole nitrogens is 1. The number of rotatable bonds is 29. The molecular formula is C47H72N10O9. The van der Waals surface area contributed by atoms with E-state index in [4.69, 9.17) is 11.5 Å². The Morgan fingerprint density at radius 2 is 1.53 bits per heavy atom. The Bertz CT molecular complexity index is 1980. The van der Waals surface area contributed by atoms with Gasteiger partial charge in [-0.05, 0) is 75.0 Å². The van der Waals surface area contributed by atoms with Gasteiger partial charge in [-0.3, -0.25) is 38.6 Å². The molecule has 0 aliphatic carbocycles. The van der Waals surface area contributed by atoms with Gasteiger partial charge in [0.25, 0.3) is 0 Å². The minimum Gasteiger partial charge on any atom is -0.508 e. The van der Waals surface area contributed by atoms with Gasteiger partial charge in [-0.2, -0.15) is 0 Å². The smallest absolute Gasteiger partial charge is 0.325 e. The number of phenolic OH excluding ortho intramolecular Hbond substituents is 1. The maximum absolute atomic E-state index is 14.6. The Morgan fingerprint density at radius 3 is 2.12 bits per heavy atom. The molecule has 1 saturated heterocycles. The second kappa shape index (κ2) is 26.6. The van der Waals surface area contributed by atoms with Crippen LogP contribution in [0.15, 0.2) is 54.1 Å². The van der Waals surface area contributed by atoms with Gasteiger partial charge in [0.15, 0.2) is 17.5 Å². The van der Waals surface area contributed by atoms with E-state index in [0.717, 1.165) is 0 Å². The molecular weight excluding hydrogens is 849 g/mol. The molecule has 364 valence electrons. The molecule has 19 nitrogen and oxygen atoms in total. The molecule has 2 heterocycles. The number of likely N-dealkylation sites (tertiary alicyclic amines) is 1. The molecule has 2 aromatic rings. The molecule has 1 fully saturated rings. The molecule has 1 aromatic heterocycles. The van der Waals surface area contributed by atoms with Gasteiger partial charge in [-0.1, -0.05) is 59.8 Å². The molecule has 19 heteroatoms. The van der Waals surface area contributed by atoms with Crippen LogP contribution in [0.5, 0.6) is 5.75 Å². The number of hydrogen-bond donors (Lipinski definition) is 9. The number of carboxylic acids is 1. The first-order valence-electron chi connectivity index (χ1n) is 23.0. The van der Waals surface area contributed by atoms with E-state index in [1.54, 1.807) is 37.1 Å². The molecule has 0 saturated carbocycles. The third kappa shape index (κ3) is 16.9. The van der Waals surface area contributed by atoms with Crippen LogP contribution in [0.4, 0.5) is 0 Å². The van der Waals surface area contributed by atoms with Gasteiger partial charge in [-0.15, -0.1) is 0 Å². The van der Waals surface area contributed by atoms with Crippen LogP contribution in [0.1, 0.15) is 111 Å². The number of aromatic nitrogens is 2. The second-order valence-corrected chi connectivity index (χ2v) is 17.7. The highest BCUT2D eigenvalue weighted by atomic mass is 16.4. The summed E-state index contributed by atoms with van der Waals surface area (Å²) in [6.45, 7) is 15.2. The molecule has 1 aliphatic heterocycles. The van der Waals surface area contributed by atoms with Gasteiger partial charge in [0, 0.05) is 68.2 Å². The summed E-state index contributed by atoms with van der Waals surface area (Å²) in [7, 11) is 0. The number of carbonyl (C=O) groups is 7. The Hall–Kier alpha value is -6.27. The number of guanidine groups is 1. The van der Waals surface area contributed by atoms with Crippen molar-refractivity contribution in [1.82, 2.24) is 36.1 Å². The molecule has 0 spiro atoms. The van der Waals surface area contributed by atoms with Crippen LogP contribution in [0, 0.1) is 23.7 Å². The van der Waals surface area contributed by atoms with Crippen LogP contribution in [-0.4, -0.2) is 116 Å². The minimum atomic E-state index is -1.16. The SMILES string of the molecule is C=C(N[C@H](C)C(=O)O)[C@@H]1CCCN1C(=O)[C@H](Cc1cnc[nH]1)NC(=O)[C@@H](CC(=O)[C@H](Cc1ccc(O)cc1)NC(=O)[C@@H](CC(=O)[C@H](CCCN=C(N)N)NC(=O)CCC)C(C)C)C(C)CC. The van der Waals surface area contributed by atoms with Crippen molar-refractivity contribution in [2.75, 3.05) is 13.1 Å². The van der Waals surface area contributed by atoms with Crippen molar-refractivity contribution in [1.29, 1.82) is 0 Å². The van der Waals surface area contributed by atoms with Gasteiger partial charge in [0.2, 0.25) is 23.6 Å². The van der Waals surface area contributed by atoms with Gasteiger partial charge < -0.3 is 52.8 Å². The fraction of sp³-hybridized carbons (Fsp3) is 0.596. The lowest BCUT2D eigenvalue weighted by molar-refractivity contribution is -0.139. The van der Waals surface area contributed by atoms with Crippen LogP contribution in [0.25, 0.3) is 0 Å². The molecule has 1 aliphatic rings. The van der Waals surface area contributed by atoms with Crippen LogP contribution in [0.2, 0.25) is 0 Å². The highest BCUT2D eigenvalue weighted by Gasteiger charge is 2.39. The Kier molecular flexibility index (Phi) is 21.8. The van der Waals surface area contributed by atoms with E-state index in [9.17, 15) is 43.8 Å². The Balaban J connectivity index is 1.91. The quantitative estimate of drug-likeness (QED) is 0.0323. The first kappa shape index (κ1) is 54.1. The number of Topliss-reactive ketones (excluding diaryl/α,β-unsaturated/α-hetero) is 2. The van der Waals surface area contributed by atoms with Crippen molar-refractivity contribution in [3.63, 3.8) is 0 Å². The highest BCUT2D eigenvalue weighted by molar-refractivity contribution is 5.96. The lowest BCUT2D eigenvalue weighted by atomic mass is 9.83. The zero-order valence-corrected chi connectivity index (χ0v) is 39.3. The van der Waals surface area contributed by atoms with E-state index in [2.05, 4.69) is 42.8 Å². The van der Waals surface area contributed by atoms with Crippen LogP contribution in [0.3, 0.4) is 0 Å². The molecule has 0 bridgehead atoms. The number of aromatic hydroxyl groups is 1. The number of amides is 4. The number of aliphatic imine (C=N–C) groups is 1. The number of benzene rings is 1. The van der Waals surface area contributed by atoms with Crippen molar-refractivity contribution < 1.29 is 43.8 Å². The molecule has 11 N–H and O–H groups in total. The van der Waals surface area contributed by atoms with E-state index < -0.39 is 71.5 Å². The average molecular weight is 921 g/mol. The standard InChI is InChI=1S/C47H72N10O9/c1-8-12-42(61)54-36(13-10-19-51-47(48)49)40(59)23-34(27(3)4)43(62)55-37(21-31-15-17-33(58)18-16-31)41(60)24-35(28(5)9-2)44(63)56-38(22-32-25-50-26-52-32)45(64)57-20-11-14-39(57)29(6)53-30(7)46(65)66/h15-18,25-28,30,34-39,53,58H,6,8-14,19-24H2,1-5,7H3,(H,50,52)(H,54,61)(H,55,62)(H,56,63)(H,65,66)(H4,48,49,51)/t28?,30-,34+,35+,36+,37+,38+,39+/m1/s1. The van der Waals surface area contributed by atoms with Crippen molar-refractivity contribution in [2.24, 2.45) is 40.1 Å². The van der Waals surface area contributed by atoms with Crippen LogP contribution < -0.4 is 32.7 Å². The number of nitrogens with two attached hydrogens (primary N) is 2. The number of ketones is 2. The summed E-state index contributed by atoms with van der Waals surface area (Å²) in [6, 6.07) is 1.56. The number of nitrogens with zero attached hydrogens (tertiary/aromatic N) is 3. The Labute approximate surface area is 387 Å². The lowest BCUT2D eigenvalue weighted by Gasteiger charge is -2.32. The molecule has 1 unspecified atom stereocenters. The summed E-state index contributed by atoms with van der Waals surface area (Å²) in [4.78, 5) is 108. The first-order valence-corrected chi connectivity index (χ1v) is 23.0. The first-order chi connectivity index (χ1) is 31.2. The number of aromatic amines is 1. The van der Waals surface area contributed by atoms with Gasteiger partial charge in [0.05, 0.1) is 24.5 Å². The van der Waals surface area contributed by atoms with Crippen molar-refractivity contribution in [2.45, 2.75) is 142 Å². The number of carboxylic acid groups (broad SMARTS) is 1. The van der Waals surface area contributed by atoms with Gasteiger partial charge in [0.1, 0.15) is 17.8 Å². The number of nitrogens with one attached hydrogen (secondary N) is 5. The van der Waals surface area contributed by atoms with E-state index in [1.165, 1.54) is 25.4 Å². The lowest BCUT2D eigenvalue weighted by Crippen LogP contribution is -2.54. The number of hydrogen-bond acceptors (Lipinski definition) is 11. The normalized spacial score (nSPS) is 16.7. The van der Waals surface area contributed by atoms with Crippen molar-refractivity contribution >= 4 is 47.1 Å². The summed E-state index contributed by atoms with van der Waals surface area (Å²) in [5, 5.41) is 31.0. The minimum absolute atomic E-state index is 0.00584. The fourth-order valence-corrected chi connectivity index (χ4v) is 8.01. The maximum Gasteiger partial charge on any atom is 0.325 e. The highest BCUT2D eigenvalue weighted by Crippen LogP contribution is 2.26. The summed E-state index contributed by atoms with van der Waals surface area (Å²) >= 11 is 0. The van der Waals surface area contributed by atoms with Gasteiger partial charge >= 0.3 is 5.97 Å². The van der Waals surface area contributed by atoms with E-state index in [-0.39, 0.29) is 80.3 Å². The molecule has 8 atom stereocenters. The molecule has 4 amide bonds. The average Bonchev–Trinajstić information content (AvgIpc) is 3.98. The van der Waals surface area contributed by atoms with E-state index in [1.807, 2.05) is 20.8 Å².